The van der Waals surface area contributed by atoms with E-state index in [1.807, 2.05) is 54.6 Å². The van der Waals surface area contributed by atoms with E-state index in [1.54, 1.807) is 18.2 Å². The van der Waals surface area contributed by atoms with Crippen LogP contribution in [-0.4, -0.2) is 30.6 Å². The zero-order valence-corrected chi connectivity index (χ0v) is 17.0. The van der Waals surface area contributed by atoms with Crippen molar-refractivity contribution < 1.29 is 19.4 Å². The van der Waals surface area contributed by atoms with Crippen LogP contribution < -0.4 is 9.64 Å². The summed E-state index contributed by atoms with van der Waals surface area (Å²) in [4.78, 5) is 29.1. The van der Waals surface area contributed by atoms with Crippen LogP contribution in [0.15, 0.2) is 72.8 Å². The van der Waals surface area contributed by atoms with E-state index in [2.05, 4.69) is 0 Å². The lowest BCUT2D eigenvalue weighted by Crippen LogP contribution is -2.55. The standard InChI is InChI=1S/C26H21NO4/c1-31-20-13-7-6-12-19(20)27-24(29)22-21-15-8-2-4-10-17(15)26(14-28,23(22)25(27)30)18-11-5-3-9-16(18)21/h2-13,21-23,28H,14H2,1H3/t21?,22-,23-,26?/m0/s1. The Hall–Kier alpha value is -3.44. The van der Waals surface area contributed by atoms with E-state index in [9.17, 15) is 14.7 Å². The molecule has 0 saturated carbocycles. The molecule has 5 nitrogen and oxygen atoms in total. The summed E-state index contributed by atoms with van der Waals surface area (Å²) >= 11 is 0. The van der Waals surface area contributed by atoms with Crippen LogP contribution in [0.5, 0.6) is 5.75 Å². The molecule has 1 heterocycles. The van der Waals surface area contributed by atoms with Gasteiger partial charge in [-0.25, -0.2) is 4.90 Å². The lowest BCUT2D eigenvalue weighted by molar-refractivity contribution is -0.124. The van der Waals surface area contributed by atoms with Gasteiger partial charge in [0, 0.05) is 5.92 Å². The van der Waals surface area contributed by atoms with E-state index in [0.29, 0.717) is 11.4 Å². The van der Waals surface area contributed by atoms with Crippen LogP contribution in [0.1, 0.15) is 28.2 Å². The van der Waals surface area contributed by atoms with Crippen molar-refractivity contribution in [1.29, 1.82) is 0 Å². The van der Waals surface area contributed by atoms with Crippen LogP contribution in [0.3, 0.4) is 0 Å². The summed E-state index contributed by atoms with van der Waals surface area (Å²) in [5, 5.41) is 10.9. The summed E-state index contributed by atoms with van der Waals surface area (Å²) in [7, 11) is 1.53. The smallest absolute Gasteiger partial charge is 0.239 e. The van der Waals surface area contributed by atoms with E-state index < -0.39 is 17.3 Å². The lowest BCUT2D eigenvalue weighted by Gasteiger charge is -2.53. The molecule has 0 spiro atoms. The molecule has 2 bridgehead atoms. The molecule has 2 amide bonds. The quantitative estimate of drug-likeness (QED) is 0.672. The molecule has 1 saturated heterocycles. The Bertz CT molecular complexity index is 1200. The Labute approximate surface area is 179 Å². The number of aliphatic hydroxyl groups is 1. The predicted octanol–water partition coefficient (Wildman–Crippen LogP) is 3.24. The molecule has 2 atom stereocenters. The number of carbonyl (C=O) groups excluding carboxylic acids is 2. The number of anilines is 1. The molecule has 3 aliphatic carbocycles. The average molecular weight is 411 g/mol. The first-order chi connectivity index (χ1) is 15.1. The van der Waals surface area contributed by atoms with Gasteiger partial charge in [-0.2, -0.15) is 0 Å². The largest absolute Gasteiger partial charge is 0.495 e. The third-order valence-corrected chi connectivity index (χ3v) is 7.37. The zero-order chi connectivity index (χ0) is 21.3. The molecule has 0 aromatic heterocycles. The molecule has 5 heteroatoms. The fourth-order valence-corrected chi connectivity index (χ4v) is 6.25. The first-order valence-corrected chi connectivity index (χ1v) is 10.5. The third-order valence-electron chi connectivity index (χ3n) is 7.37. The summed E-state index contributed by atoms with van der Waals surface area (Å²) in [6.45, 7) is -0.242. The van der Waals surface area contributed by atoms with Gasteiger partial charge in [0.05, 0.1) is 36.7 Å². The second-order valence-electron chi connectivity index (χ2n) is 8.47. The highest BCUT2D eigenvalue weighted by atomic mass is 16.5. The molecular formula is C26H21NO4. The second kappa shape index (κ2) is 6.28. The van der Waals surface area contributed by atoms with E-state index in [0.717, 1.165) is 22.3 Å². The number of methoxy groups -OCH3 is 1. The van der Waals surface area contributed by atoms with Crippen LogP contribution in [-0.2, 0) is 15.0 Å². The number of aliphatic hydroxyl groups excluding tert-OH is 1. The molecule has 0 unspecified atom stereocenters. The van der Waals surface area contributed by atoms with Gasteiger partial charge in [-0.1, -0.05) is 60.7 Å². The number of ether oxygens (including phenoxy) is 1. The minimum absolute atomic E-state index is 0.220. The number of hydrogen-bond acceptors (Lipinski definition) is 4. The van der Waals surface area contributed by atoms with Crippen molar-refractivity contribution in [2.24, 2.45) is 11.8 Å². The van der Waals surface area contributed by atoms with Gasteiger partial charge >= 0.3 is 0 Å². The van der Waals surface area contributed by atoms with Crippen LogP contribution in [0, 0.1) is 11.8 Å². The number of amides is 2. The maximum absolute atomic E-state index is 13.9. The molecule has 0 radical (unpaired) electrons. The van der Waals surface area contributed by atoms with Gasteiger partial charge < -0.3 is 9.84 Å². The van der Waals surface area contributed by atoms with Gasteiger partial charge in [0.2, 0.25) is 11.8 Å². The van der Waals surface area contributed by atoms with Crippen molar-refractivity contribution in [3.05, 3.63) is 95.1 Å². The number of nitrogens with zero attached hydrogens (tertiary/aromatic N) is 1. The summed E-state index contributed by atoms with van der Waals surface area (Å²) in [6, 6.07) is 22.9. The summed E-state index contributed by atoms with van der Waals surface area (Å²) in [6.07, 6.45) is 0. The maximum Gasteiger partial charge on any atom is 0.239 e. The zero-order valence-electron chi connectivity index (χ0n) is 17.0. The van der Waals surface area contributed by atoms with Gasteiger partial charge in [-0.3, -0.25) is 9.59 Å². The fraction of sp³-hybridized carbons (Fsp3) is 0.231. The summed E-state index contributed by atoms with van der Waals surface area (Å²) in [5.41, 5.74) is 3.46. The lowest BCUT2D eigenvalue weighted by atomic mass is 9.47. The Morgan fingerprint density at radius 3 is 2.06 bits per heavy atom. The molecule has 1 N–H and O–H groups in total. The van der Waals surface area contributed by atoms with Gasteiger partial charge in [-0.05, 0) is 34.4 Å². The normalized spacial score (nSPS) is 27.7. The Morgan fingerprint density at radius 1 is 0.871 bits per heavy atom. The number of rotatable bonds is 3. The minimum atomic E-state index is -0.948. The number of benzene rings is 3. The third kappa shape index (κ3) is 2.04. The van der Waals surface area contributed by atoms with E-state index >= 15 is 0 Å². The molecule has 4 aliphatic rings. The van der Waals surface area contributed by atoms with E-state index in [1.165, 1.54) is 12.0 Å². The summed E-state index contributed by atoms with van der Waals surface area (Å²) in [5.74, 6) is -1.47. The molecule has 7 rings (SSSR count). The summed E-state index contributed by atoms with van der Waals surface area (Å²) < 4.78 is 5.46. The number of imide groups is 1. The SMILES string of the molecule is COc1ccccc1N1C(=O)[C@@H]2[C@@H](C1=O)C1c3ccccc3C2(CO)c2ccccc21. The number of para-hydroxylation sites is 2. The predicted molar refractivity (Wildman–Crippen MR) is 115 cm³/mol. The van der Waals surface area contributed by atoms with Crippen LogP contribution in [0.2, 0.25) is 0 Å². The molecule has 1 fully saturated rings. The Morgan fingerprint density at radius 2 is 1.45 bits per heavy atom. The van der Waals surface area contributed by atoms with Crippen molar-refractivity contribution in [2.45, 2.75) is 11.3 Å². The van der Waals surface area contributed by atoms with Crippen molar-refractivity contribution in [3.63, 3.8) is 0 Å². The molecule has 3 aromatic rings. The van der Waals surface area contributed by atoms with Crippen molar-refractivity contribution >= 4 is 17.5 Å². The first-order valence-electron chi connectivity index (χ1n) is 10.5. The van der Waals surface area contributed by atoms with Crippen LogP contribution in [0.25, 0.3) is 0 Å². The van der Waals surface area contributed by atoms with Gasteiger partial charge in [0.25, 0.3) is 0 Å². The molecular weight excluding hydrogens is 390 g/mol. The maximum atomic E-state index is 13.9. The molecule has 31 heavy (non-hydrogen) atoms. The van der Waals surface area contributed by atoms with Crippen molar-refractivity contribution in [1.82, 2.24) is 0 Å². The Kier molecular flexibility index (Phi) is 3.72. The molecule has 3 aromatic carbocycles. The minimum Gasteiger partial charge on any atom is -0.495 e. The molecule has 154 valence electrons. The highest BCUT2D eigenvalue weighted by molar-refractivity contribution is 6.24. The van der Waals surface area contributed by atoms with Crippen molar-refractivity contribution in [3.8, 4) is 5.75 Å². The number of carbonyl (C=O) groups is 2. The number of hydrogen-bond donors (Lipinski definition) is 1. The Balaban J connectivity index is 1.64. The van der Waals surface area contributed by atoms with Crippen LogP contribution >= 0.6 is 0 Å². The van der Waals surface area contributed by atoms with Gasteiger partial charge in [-0.15, -0.1) is 0 Å². The first kappa shape index (κ1) is 18.3. The van der Waals surface area contributed by atoms with Crippen LogP contribution in [0.4, 0.5) is 5.69 Å². The van der Waals surface area contributed by atoms with Gasteiger partial charge in [0.1, 0.15) is 5.75 Å². The van der Waals surface area contributed by atoms with E-state index in [-0.39, 0.29) is 24.3 Å². The average Bonchev–Trinajstić information content (AvgIpc) is 3.09. The van der Waals surface area contributed by atoms with Crippen molar-refractivity contribution in [2.75, 3.05) is 18.6 Å². The highest BCUT2D eigenvalue weighted by Crippen LogP contribution is 2.64. The van der Waals surface area contributed by atoms with E-state index in [4.69, 9.17) is 4.74 Å². The van der Waals surface area contributed by atoms with Gasteiger partial charge in [0.15, 0.2) is 0 Å². The highest BCUT2D eigenvalue weighted by Gasteiger charge is 2.68. The second-order valence-corrected chi connectivity index (χ2v) is 8.47. The molecule has 1 aliphatic heterocycles. The topological polar surface area (TPSA) is 66.8 Å². The fourth-order valence-electron chi connectivity index (χ4n) is 6.25. The monoisotopic (exact) mass is 411 g/mol.